The van der Waals surface area contributed by atoms with Crippen LogP contribution in [-0.2, 0) is 0 Å². The lowest BCUT2D eigenvalue weighted by Crippen LogP contribution is -2.23. The van der Waals surface area contributed by atoms with Crippen LogP contribution in [0, 0.1) is 6.92 Å². The normalized spacial score (nSPS) is 12.4. The summed E-state index contributed by atoms with van der Waals surface area (Å²) in [5.41, 5.74) is 2.53. The van der Waals surface area contributed by atoms with Gasteiger partial charge in [0.25, 0.3) is 0 Å². The van der Waals surface area contributed by atoms with Gasteiger partial charge in [-0.05, 0) is 56.3 Å². The molecule has 1 unspecified atom stereocenters. The van der Waals surface area contributed by atoms with Crippen LogP contribution >= 0.6 is 11.6 Å². The van der Waals surface area contributed by atoms with Gasteiger partial charge < -0.3 is 5.32 Å². The summed E-state index contributed by atoms with van der Waals surface area (Å²) in [6.07, 6.45) is 6.51. The third kappa shape index (κ3) is 4.47. The highest BCUT2D eigenvalue weighted by Gasteiger charge is 2.13. The van der Waals surface area contributed by atoms with Gasteiger partial charge in [-0.3, -0.25) is 0 Å². The Kier molecular flexibility index (Phi) is 7.07. The van der Waals surface area contributed by atoms with Crippen molar-refractivity contribution in [2.24, 2.45) is 0 Å². The number of hydrogen-bond donors (Lipinski definition) is 1. The molecule has 0 spiro atoms. The van der Waals surface area contributed by atoms with E-state index < -0.39 is 0 Å². The molecule has 0 amide bonds. The van der Waals surface area contributed by atoms with Crippen molar-refractivity contribution in [3.63, 3.8) is 0 Å². The highest BCUT2D eigenvalue weighted by atomic mass is 35.5. The molecule has 2 heteroatoms. The molecule has 0 aliphatic rings. The Balaban J connectivity index is 2.79. The lowest BCUT2D eigenvalue weighted by Gasteiger charge is -2.21. The molecule has 1 aromatic carbocycles. The van der Waals surface area contributed by atoms with Crippen molar-refractivity contribution in [1.29, 1.82) is 0 Å². The summed E-state index contributed by atoms with van der Waals surface area (Å²) in [6.45, 7) is 9.12. The first-order valence-electron chi connectivity index (χ1n) is 6.80. The number of benzene rings is 1. The minimum atomic E-state index is 0.406. The van der Waals surface area contributed by atoms with E-state index in [0.717, 1.165) is 37.3 Å². The van der Waals surface area contributed by atoms with Crippen molar-refractivity contribution >= 4 is 11.6 Å². The van der Waals surface area contributed by atoms with Gasteiger partial charge in [0.15, 0.2) is 0 Å². The zero-order valence-corrected chi connectivity index (χ0v) is 12.3. The van der Waals surface area contributed by atoms with Crippen LogP contribution in [0.15, 0.2) is 30.9 Å². The van der Waals surface area contributed by atoms with E-state index in [4.69, 9.17) is 11.6 Å². The fourth-order valence-electron chi connectivity index (χ4n) is 2.15. The topological polar surface area (TPSA) is 12.0 Å². The molecule has 0 radical (unpaired) electrons. The molecular weight excluding hydrogens is 242 g/mol. The van der Waals surface area contributed by atoms with Crippen LogP contribution < -0.4 is 5.32 Å². The first-order chi connectivity index (χ1) is 8.70. The zero-order chi connectivity index (χ0) is 13.4. The molecular formula is C16H24ClN. The Morgan fingerprint density at radius 2 is 2.22 bits per heavy atom. The number of allylic oxidation sites excluding steroid dienone is 1. The third-order valence-corrected chi connectivity index (χ3v) is 3.64. The van der Waals surface area contributed by atoms with Crippen molar-refractivity contribution in [3.05, 3.63) is 47.0 Å². The van der Waals surface area contributed by atoms with Crippen molar-refractivity contribution < 1.29 is 0 Å². The minimum Gasteiger partial charge on any atom is -0.310 e. The number of hydrogen-bond acceptors (Lipinski definition) is 1. The summed E-state index contributed by atoms with van der Waals surface area (Å²) in [5.74, 6) is 0. The summed E-state index contributed by atoms with van der Waals surface area (Å²) in [6, 6.07) is 6.59. The van der Waals surface area contributed by atoms with Gasteiger partial charge in [-0.1, -0.05) is 36.7 Å². The monoisotopic (exact) mass is 265 g/mol. The molecule has 1 N–H and O–H groups in total. The highest BCUT2D eigenvalue weighted by molar-refractivity contribution is 6.31. The Hall–Kier alpha value is -0.790. The second kappa shape index (κ2) is 8.34. The van der Waals surface area contributed by atoms with Crippen LogP contribution in [0.3, 0.4) is 0 Å². The quantitative estimate of drug-likeness (QED) is 0.513. The summed E-state index contributed by atoms with van der Waals surface area (Å²) < 4.78 is 0. The molecule has 0 saturated heterocycles. The Morgan fingerprint density at radius 3 is 2.89 bits per heavy atom. The molecule has 1 atom stereocenters. The maximum atomic E-state index is 6.21. The van der Waals surface area contributed by atoms with Crippen molar-refractivity contribution in [2.75, 3.05) is 6.54 Å². The molecule has 0 heterocycles. The smallest absolute Gasteiger partial charge is 0.0438 e. The van der Waals surface area contributed by atoms with Crippen molar-refractivity contribution in [2.45, 2.75) is 45.6 Å². The summed E-state index contributed by atoms with van der Waals surface area (Å²) in [7, 11) is 0. The fraction of sp³-hybridized carbons (Fsp3) is 0.500. The van der Waals surface area contributed by atoms with Gasteiger partial charge in [-0.2, -0.15) is 0 Å². The van der Waals surface area contributed by atoms with Crippen LogP contribution in [0.5, 0.6) is 0 Å². The van der Waals surface area contributed by atoms with E-state index in [9.17, 15) is 0 Å². The van der Waals surface area contributed by atoms with E-state index in [2.05, 4.69) is 31.8 Å². The molecule has 0 aromatic heterocycles. The maximum absolute atomic E-state index is 6.21. The van der Waals surface area contributed by atoms with Crippen LogP contribution in [0.4, 0.5) is 0 Å². The van der Waals surface area contributed by atoms with Gasteiger partial charge in [0.1, 0.15) is 0 Å². The Morgan fingerprint density at radius 1 is 1.44 bits per heavy atom. The molecule has 0 saturated carbocycles. The lowest BCUT2D eigenvalue weighted by atomic mass is 9.96. The van der Waals surface area contributed by atoms with Gasteiger partial charge in [0.2, 0.25) is 0 Å². The molecule has 0 aliphatic carbocycles. The van der Waals surface area contributed by atoms with Gasteiger partial charge in [0, 0.05) is 11.1 Å². The molecule has 1 nitrogen and oxygen atoms in total. The standard InChI is InChI=1S/C16H24ClN/c1-4-6-7-11-16(18-12-5-2)14-9-8-10-15(17)13(14)3/h4,8-10,16,18H,1,5-7,11-12H2,2-3H3. The number of nitrogens with one attached hydrogen (secondary N) is 1. The predicted octanol–water partition coefficient (Wildman–Crippen LogP) is 5.05. The number of unbranched alkanes of at least 4 members (excludes halogenated alkanes) is 1. The average Bonchev–Trinajstić information content (AvgIpc) is 2.37. The Bertz CT molecular complexity index is 373. The molecule has 100 valence electrons. The molecule has 1 rings (SSSR count). The molecule has 0 aliphatic heterocycles. The molecule has 18 heavy (non-hydrogen) atoms. The SMILES string of the molecule is C=CCCCC(NCCC)c1cccc(Cl)c1C. The highest BCUT2D eigenvalue weighted by Crippen LogP contribution is 2.27. The van der Waals surface area contributed by atoms with Gasteiger partial charge >= 0.3 is 0 Å². The first-order valence-corrected chi connectivity index (χ1v) is 7.17. The van der Waals surface area contributed by atoms with E-state index in [0.29, 0.717) is 6.04 Å². The van der Waals surface area contributed by atoms with Crippen LogP contribution in [0.25, 0.3) is 0 Å². The van der Waals surface area contributed by atoms with E-state index in [1.54, 1.807) is 0 Å². The fourth-order valence-corrected chi connectivity index (χ4v) is 2.34. The Labute approximate surface area is 116 Å². The van der Waals surface area contributed by atoms with Crippen molar-refractivity contribution in [1.82, 2.24) is 5.32 Å². The van der Waals surface area contributed by atoms with E-state index in [1.165, 1.54) is 11.1 Å². The largest absolute Gasteiger partial charge is 0.310 e. The number of halogens is 1. The predicted molar refractivity (Wildman–Crippen MR) is 81.3 cm³/mol. The summed E-state index contributed by atoms with van der Waals surface area (Å²) >= 11 is 6.21. The first kappa shape index (κ1) is 15.3. The lowest BCUT2D eigenvalue weighted by molar-refractivity contribution is 0.484. The molecule has 0 fully saturated rings. The number of rotatable bonds is 8. The molecule has 1 aromatic rings. The van der Waals surface area contributed by atoms with Gasteiger partial charge in [-0.25, -0.2) is 0 Å². The second-order valence-electron chi connectivity index (χ2n) is 4.68. The summed E-state index contributed by atoms with van der Waals surface area (Å²) in [4.78, 5) is 0. The average molecular weight is 266 g/mol. The van der Waals surface area contributed by atoms with Gasteiger partial charge in [0.05, 0.1) is 0 Å². The second-order valence-corrected chi connectivity index (χ2v) is 5.09. The zero-order valence-electron chi connectivity index (χ0n) is 11.5. The van der Waals surface area contributed by atoms with Gasteiger partial charge in [-0.15, -0.1) is 6.58 Å². The maximum Gasteiger partial charge on any atom is 0.0438 e. The van der Waals surface area contributed by atoms with Crippen LogP contribution in [0.1, 0.15) is 49.8 Å². The van der Waals surface area contributed by atoms with E-state index >= 15 is 0 Å². The third-order valence-electron chi connectivity index (χ3n) is 3.23. The van der Waals surface area contributed by atoms with Crippen LogP contribution in [0.2, 0.25) is 5.02 Å². The van der Waals surface area contributed by atoms with E-state index in [-0.39, 0.29) is 0 Å². The minimum absolute atomic E-state index is 0.406. The van der Waals surface area contributed by atoms with E-state index in [1.807, 2.05) is 18.2 Å². The summed E-state index contributed by atoms with van der Waals surface area (Å²) in [5, 5.41) is 4.48. The van der Waals surface area contributed by atoms with Crippen LogP contribution in [-0.4, -0.2) is 6.54 Å². The van der Waals surface area contributed by atoms with Crippen molar-refractivity contribution in [3.8, 4) is 0 Å². The molecule has 0 bridgehead atoms.